The molecule has 0 radical (unpaired) electrons. The van der Waals surface area contributed by atoms with E-state index in [1.54, 1.807) is 17.4 Å². The van der Waals surface area contributed by atoms with E-state index < -0.39 is 6.10 Å². The molecule has 0 fully saturated rings. The van der Waals surface area contributed by atoms with Gasteiger partial charge >= 0.3 is 0 Å². The minimum Gasteiger partial charge on any atom is -0.483 e. The molecule has 1 aromatic carbocycles. The van der Waals surface area contributed by atoms with Crippen LogP contribution in [0.4, 0.5) is 4.39 Å². The van der Waals surface area contributed by atoms with E-state index in [-0.39, 0.29) is 17.3 Å². The standard InChI is InChI=1S/C16H18FNO2S/c1-16(2,3)15-18-11(8-21-15)14-7-12(19)10-5-4-9(17)6-13(10)20-14/h4-6,8,12,14,19H,7H2,1-3H3/t12-,14?/m1/s1. The van der Waals surface area contributed by atoms with Gasteiger partial charge in [-0.2, -0.15) is 0 Å². The van der Waals surface area contributed by atoms with Gasteiger partial charge in [0.1, 0.15) is 17.7 Å². The quantitative estimate of drug-likeness (QED) is 0.861. The molecule has 1 unspecified atom stereocenters. The van der Waals surface area contributed by atoms with Crippen LogP contribution in [0.3, 0.4) is 0 Å². The minimum absolute atomic E-state index is 0.0137. The molecular formula is C16H18FNO2S. The molecular weight excluding hydrogens is 289 g/mol. The Labute approximate surface area is 127 Å². The Kier molecular flexibility index (Phi) is 3.50. The van der Waals surface area contributed by atoms with Gasteiger partial charge in [-0.1, -0.05) is 20.8 Å². The van der Waals surface area contributed by atoms with Gasteiger partial charge in [0.15, 0.2) is 0 Å². The maximum absolute atomic E-state index is 13.3. The van der Waals surface area contributed by atoms with Crippen molar-refractivity contribution in [2.75, 3.05) is 0 Å². The normalized spacial score (nSPS) is 21.8. The number of benzene rings is 1. The molecule has 21 heavy (non-hydrogen) atoms. The number of aliphatic hydroxyl groups excluding tert-OH is 1. The fraction of sp³-hybridized carbons (Fsp3) is 0.438. The molecule has 112 valence electrons. The third-order valence-electron chi connectivity index (χ3n) is 3.53. The van der Waals surface area contributed by atoms with Crippen molar-refractivity contribution in [1.29, 1.82) is 0 Å². The number of nitrogens with zero attached hydrogens (tertiary/aromatic N) is 1. The fourth-order valence-corrected chi connectivity index (χ4v) is 3.32. The van der Waals surface area contributed by atoms with Gasteiger partial charge < -0.3 is 9.84 Å². The van der Waals surface area contributed by atoms with Crippen molar-refractivity contribution >= 4 is 11.3 Å². The summed E-state index contributed by atoms with van der Waals surface area (Å²) < 4.78 is 19.2. The Hall–Kier alpha value is -1.46. The Bertz CT molecular complexity index is 663. The lowest BCUT2D eigenvalue weighted by atomic mass is 9.97. The number of fused-ring (bicyclic) bond motifs is 1. The number of aliphatic hydroxyl groups is 1. The molecule has 0 saturated heterocycles. The summed E-state index contributed by atoms with van der Waals surface area (Å²) in [5.41, 5.74) is 1.43. The highest BCUT2D eigenvalue weighted by atomic mass is 32.1. The van der Waals surface area contributed by atoms with Gasteiger partial charge in [0.2, 0.25) is 0 Å². The van der Waals surface area contributed by atoms with Gasteiger partial charge in [-0.3, -0.25) is 0 Å². The summed E-state index contributed by atoms with van der Waals surface area (Å²) in [5.74, 6) is 0.0410. The third kappa shape index (κ3) is 2.80. The number of hydrogen-bond donors (Lipinski definition) is 1. The smallest absolute Gasteiger partial charge is 0.144 e. The summed E-state index contributed by atoms with van der Waals surface area (Å²) in [6.07, 6.45) is -0.549. The van der Waals surface area contributed by atoms with E-state index in [2.05, 4.69) is 25.8 Å². The largest absolute Gasteiger partial charge is 0.483 e. The van der Waals surface area contributed by atoms with Crippen molar-refractivity contribution < 1.29 is 14.2 Å². The van der Waals surface area contributed by atoms with Gasteiger partial charge in [0.05, 0.1) is 16.8 Å². The highest BCUT2D eigenvalue weighted by Gasteiger charge is 2.30. The molecule has 0 saturated carbocycles. The summed E-state index contributed by atoms with van der Waals surface area (Å²) in [7, 11) is 0. The van der Waals surface area contributed by atoms with E-state index in [9.17, 15) is 9.50 Å². The van der Waals surface area contributed by atoms with Crippen LogP contribution < -0.4 is 4.74 Å². The van der Waals surface area contributed by atoms with Crippen LogP contribution in [-0.4, -0.2) is 10.1 Å². The molecule has 0 bridgehead atoms. The third-order valence-corrected chi connectivity index (χ3v) is 4.82. The first kappa shape index (κ1) is 14.5. The number of aromatic nitrogens is 1. The summed E-state index contributed by atoms with van der Waals surface area (Å²) in [6.45, 7) is 6.32. The van der Waals surface area contributed by atoms with Crippen molar-refractivity contribution in [3.63, 3.8) is 0 Å². The molecule has 0 spiro atoms. The maximum Gasteiger partial charge on any atom is 0.144 e. The predicted molar refractivity (Wildman–Crippen MR) is 80.2 cm³/mol. The lowest BCUT2D eigenvalue weighted by molar-refractivity contribution is 0.0635. The van der Waals surface area contributed by atoms with Crippen molar-refractivity contribution in [2.24, 2.45) is 0 Å². The summed E-state index contributed by atoms with van der Waals surface area (Å²) >= 11 is 1.59. The predicted octanol–water partition coefficient (Wildman–Crippen LogP) is 4.14. The van der Waals surface area contributed by atoms with Crippen LogP contribution in [0.1, 0.15) is 55.7 Å². The SMILES string of the molecule is CC(C)(C)c1nc(C2C[C@@H](O)c3ccc(F)cc3O2)cs1. The molecule has 2 atom stereocenters. The first-order valence-corrected chi connectivity index (χ1v) is 7.82. The van der Waals surface area contributed by atoms with Crippen LogP contribution in [0.15, 0.2) is 23.6 Å². The topological polar surface area (TPSA) is 42.4 Å². The molecule has 0 amide bonds. The van der Waals surface area contributed by atoms with Gasteiger partial charge in [0.25, 0.3) is 0 Å². The zero-order valence-electron chi connectivity index (χ0n) is 12.3. The number of hydrogen-bond acceptors (Lipinski definition) is 4. The van der Waals surface area contributed by atoms with Crippen LogP contribution in [0.5, 0.6) is 5.75 Å². The summed E-state index contributed by atoms with van der Waals surface area (Å²) in [5, 5.41) is 13.2. The first-order valence-electron chi connectivity index (χ1n) is 6.94. The van der Waals surface area contributed by atoms with Gasteiger partial charge in [-0.15, -0.1) is 11.3 Å². The first-order chi connectivity index (χ1) is 9.84. The molecule has 2 heterocycles. The molecule has 3 rings (SSSR count). The van der Waals surface area contributed by atoms with E-state index in [0.29, 0.717) is 17.7 Å². The average Bonchev–Trinajstić information content (AvgIpc) is 2.87. The average molecular weight is 307 g/mol. The van der Waals surface area contributed by atoms with E-state index in [0.717, 1.165) is 10.7 Å². The van der Waals surface area contributed by atoms with Crippen LogP contribution in [0.2, 0.25) is 0 Å². The number of halogens is 1. The number of rotatable bonds is 1. The second-order valence-electron chi connectivity index (χ2n) is 6.37. The van der Waals surface area contributed by atoms with Gasteiger partial charge in [0, 0.05) is 28.8 Å². The van der Waals surface area contributed by atoms with Crippen molar-refractivity contribution in [1.82, 2.24) is 4.98 Å². The molecule has 1 aliphatic heterocycles. The highest BCUT2D eigenvalue weighted by molar-refractivity contribution is 7.09. The number of ether oxygens (including phenoxy) is 1. The molecule has 5 heteroatoms. The van der Waals surface area contributed by atoms with E-state index in [4.69, 9.17) is 4.74 Å². The highest BCUT2D eigenvalue weighted by Crippen LogP contribution is 2.41. The summed E-state index contributed by atoms with van der Waals surface area (Å²) in [6, 6.07) is 4.24. The van der Waals surface area contributed by atoms with Crippen molar-refractivity contribution in [3.05, 3.63) is 45.7 Å². The lowest BCUT2D eigenvalue weighted by Crippen LogP contribution is -2.20. The molecule has 1 aromatic heterocycles. The van der Waals surface area contributed by atoms with E-state index in [1.807, 2.05) is 5.38 Å². The maximum atomic E-state index is 13.3. The molecule has 1 aliphatic rings. The second-order valence-corrected chi connectivity index (χ2v) is 7.23. The van der Waals surface area contributed by atoms with Crippen molar-refractivity contribution in [3.8, 4) is 5.75 Å². The van der Waals surface area contributed by atoms with Crippen LogP contribution in [0, 0.1) is 5.82 Å². The molecule has 2 aromatic rings. The zero-order valence-corrected chi connectivity index (χ0v) is 13.1. The second kappa shape index (κ2) is 5.07. The van der Waals surface area contributed by atoms with E-state index in [1.165, 1.54) is 12.1 Å². The van der Waals surface area contributed by atoms with Crippen LogP contribution in [0.25, 0.3) is 0 Å². The van der Waals surface area contributed by atoms with Crippen molar-refractivity contribution in [2.45, 2.75) is 44.8 Å². The van der Waals surface area contributed by atoms with E-state index >= 15 is 0 Å². The minimum atomic E-state index is -0.654. The number of thiazole rings is 1. The van der Waals surface area contributed by atoms with Gasteiger partial charge in [-0.25, -0.2) is 9.37 Å². The Morgan fingerprint density at radius 3 is 2.81 bits per heavy atom. The van der Waals surface area contributed by atoms with Crippen LogP contribution >= 0.6 is 11.3 Å². The Balaban J connectivity index is 1.90. The monoisotopic (exact) mass is 307 g/mol. The lowest BCUT2D eigenvalue weighted by Gasteiger charge is -2.28. The fourth-order valence-electron chi connectivity index (χ4n) is 2.38. The molecule has 0 aliphatic carbocycles. The van der Waals surface area contributed by atoms with Gasteiger partial charge in [-0.05, 0) is 12.1 Å². The summed E-state index contributed by atoms with van der Waals surface area (Å²) in [4.78, 5) is 4.62. The molecule has 1 N–H and O–H groups in total. The Morgan fingerprint density at radius 1 is 1.38 bits per heavy atom. The zero-order chi connectivity index (χ0) is 15.2. The molecule has 3 nitrogen and oxygen atoms in total. The Morgan fingerprint density at radius 2 is 2.14 bits per heavy atom. The van der Waals surface area contributed by atoms with Crippen LogP contribution in [-0.2, 0) is 5.41 Å².